The molecule has 0 heterocycles. The molecule has 0 aromatic heterocycles. The molecule has 0 amide bonds. The van der Waals surface area contributed by atoms with Crippen LogP contribution in [-0.4, -0.2) is 5.78 Å². The third-order valence-corrected chi connectivity index (χ3v) is 2.98. The second kappa shape index (κ2) is 2.69. The quantitative estimate of drug-likeness (QED) is 0.516. The third kappa shape index (κ3) is 1.28. The normalized spacial score (nSPS) is 32.8. The van der Waals surface area contributed by atoms with Crippen LogP contribution in [0.1, 0.15) is 26.2 Å². The molecular formula is C12H14O. The van der Waals surface area contributed by atoms with Crippen LogP contribution in [-0.2, 0) is 4.79 Å². The van der Waals surface area contributed by atoms with Gasteiger partial charge in [0.2, 0.25) is 0 Å². The fraction of sp³-hybridized carbons (Fsp3) is 0.417. The molecule has 1 atom stereocenters. The lowest BCUT2D eigenvalue weighted by atomic mass is 9.77. The summed E-state index contributed by atoms with van der Waals surface area (Å²) in [6, 6.07) is 0. The average molecular weight is 174 g/mol. The van der Waals surface area contributed by atoms with Gasteiger partial charge in [0.15, 0.2) is 5.78 Å². The third-order valence-electron chi connectivity index (χ3n) is 2.98. The van der Waals surface area contributed by atoms with Gasteiger partial charge in [-0.3, -0.25) is 4.79 Å². The van der Waals surface area contributed by atoms with E-state index in [2.05, 4.69) is 12.7 Å². The zero-order valence-electron chi connectivity index (χ0n) is 7.97. The molecule has 1 spiro atoms. The lowest BCUT2D eigenvalue weighted by molar-refractivity contribution is -0.121. The molecule has 1 unspecified atom stereocenters. The first-order valence-electron chi connectivity index (χ1n) is 4.71. The highest BCUT2D eigenvalue weighted by Gasteiger charge is 2.40. The number of carbonyl (C=O) groups is 1. The summed E-state index contributed by atoms with van der Waals surface area (Å²) >= 11 is 0. The number of ketones is 1. The van der Waals surface area contributed by atoms with Crippen molar-refractivity contribution in [1.82, 2.24) is 0 Å². The summed E-state index contributed by atoms with van der Waals surface area (Å²) in [5.41, 5.74) is 2.21. The number of hydrogen-bond donors (Lipinski definition) is 0. The van der Waals surface area contributed by atoms with Crippen LogP contribution in [0.25, 0.3) is 0 Å². The zero-order valence-corrected chi connectivity index (χ0v) is 7.97. The standard InChI is InChI=1S/C12H14O/c1-9-3-4-11(13)12(7-9)6-5-10(2)8-12/h3-4,7H,2,5-6,8H2,1H3. The molecule has 0 aliphatic heterocycles. The van der Waals surface area contributed by atoms with E-state index in [0.717, 1.165) is 19.3 Å². The van der Waals surface area contributed by atoms with Crippen LogP contribution in [0.4, 0.5) is 0 Å². The fourth-order valence-electron chi connectivity index (χ4n) is 2.28. The Morgan fingerprint density at radius 3 is 2.85 bits per heavy atom. The molecule has 0 radical (unpaired) electrons. The van der Waals surface area contributed by atoms with Gasteiger partial charge in [0.05, 0.1) is 5.41 Å². The van der Waals surface area contributed by atoms with E-state index >= 15 is 0 Å². The second-order valence-corrected chi connectivity index (χ2v) is 4.17. The van der Waals surface area contributed by atoms with E-state index < -0.39 is 0 Å². The summed E-state index contributed by atoms with van der Waals surface area (Å²) < 4.78 is 0. The Bertz CT molecular complexity index is 333. The van der Waals surface area contributed by atoms with E-state index in [1.165, 1.54) is 11.1 Å². The molecule has 13 heavy (non-hydrogen) atoms. The Morgan fingerprint density at radius 1 is 1.46 bits per heavy atom. The van der Waals surface area contributed by atoms with Crippen LogP contribution >= 0.6 is 0 Å². The smallest absolute Gasteiger partial charge is 0.165 e. The van der Waals surface area contributed by atoms with Gasteiger partial charge in [-0.2, -0.15) is 0 Å². The van der Waals surface area contributed by atoms with Crippen LogP contribution in [0.15, 0.2) is 36.0 Å². The molecular weight excluding hydrogens is 160 g/mol. The summed E-state index contributed by atoms with van der Waals surface area (Å²) in [6.07, 6.45) is 8.54. The van der Waals surface area contributed by atoms with Crippen molar-refractivity contribution in [2.24, 2.45) is 5.41 Å². The fourth-order valence-corrected chi connectivity index (χ4v) is 2.28. The molecule has 2 aliphatic carbocycles. The lowest BCUT2D eigenvalue weighted by Crippen LogP contribution is -2.26. The van der Waals surface area contributed by atoms with Crippen molar-refractivity contribution in [2.45, 2.75) is 26.2 Å². The Balaban J connectivity index is 2.37. The van der Waals surface area contributed by atoms with Crippen molar-refractivity contribution in [2.75, 3.05) is 0 Å². The highest BCUT2D eigenvalue weighted by Crippen LogP contribution is 2.45. The highest BCUT2D eigenvalue weighted by molar-refractivity contribution is 5.98. The maximum atomic E-state index is 11.7. The van der Waals surface area contributed by atoms with Gasteiger partial charge < -0.3 is 0 Å². The molecule has 0 aromatic carbocycles. The van der Waals surface area contributed by atoms with Gasteiger partial charge in [0.25, 0.3) is 0 Å². The number of rotatable bonds is 0. The summed E-state index contributed by atoms with van der Waals surface area (Å²) in [5, 5.41) is 0. The first kappa shape index (κ1) is 8.49. The first-order valence-corrected chi connectivity index (χ1v) is 4.71. The maximum Gasteiger partial charge on any atom is 0.165 e. The van der Waals surface area contributed by atoms with Gasteiger partial charge in [-0.25, -0.2) is 0 Å². The molecule has 0 bridgehead atoms. The van der Waals surface area contributed by atoms with Gasteiger partial charge in [0, 0.05) is 0 Å². The van der Waals surface area contributed by atoms with Crippen molar-refractivity contribution < 1.29 is 4.79 Å². The topological polar surface area (TPSA) is 17.1 Å². The summed E-state index contributed by atoms with van der Waals surface area (Å²) in [6.45, 7) is 6.01. The van der Waals surface area contributed by atoms with Crippen molar-refractivity contribution in [1.29, 1.82) is 0 Å². The lowest BCUT2D eigenvalue weighted by Gasteiger charge is -2.24. The van der Waals surface area contributed by atoms with Gasteiger partial charge in [-0.15, -0.1) is 0 Å². The molecule has 0 N–H and O–H groups in total. The second-order valence-electron chi connectivity index (χ2n) is 4.17. The SMILES string of the molecule is C=C1CCC2(C=C(C)C=CC2=O)C1. The maximum absolute atomic E-state index is 11.7. The van der Waals surface area contributed by atoms with E-state index in [1.807, 2.05) is 13.0 Å². The van der Waals surface area contributed by atoms with E-state index in [9.17, 15) is 4.79 Å². The van der Waals surface area contributed by atoms with Gasteiger partial charge >= 0.3 is 0 Å². The molecule has 0 aromatic rings. The van der Waals surface area contributed by atoms with Gasteiger partial charge in [-0.05, 0) is 32.3 Å². The predicted octanol–water partition coefficient (Wildman–Crippen LogP) is 2.80. The Kier molecular flexibility index (Phi) is 1.76. The minimum Gasteiger partial charge on any atom is -0.294 e. The molecule has 0 saturated heterocycles. The molecule has 1 heteroatoms. The molecule has 1 nitrogen and oxygen atoms in total. The van der Waals surface area contributed by atoms with E-state index in [-0.39, 0.29) is 11.2 Å². The monoisotopic (exact) mass is 174 g/mol. The Labute approximate surface area is 78.8 Å². The first-order chi connectivity index (χ1) is 6.12. The number of carbonyl (C=O) groups excluding carboxylic acids is 1. The van der Waals surface area contributed by atoms with Gasteiger partial charge in [-0.1, -0.05) is 29.9 Å². The number of allylic oxidation sites excluding steroid dienone is 5. The van der Waals surface area contributed by atoms with E-state index in [0.29, 0.717) is 0 Å². The predicted molar refractivity (Wildman–Crippen MR) is 53.3 cm³/mol. The van der Waals surface area contributed by atoms with Crippen molar-refractivity contribution in [3.63, 3.8) is 0 Å². The average Bonchev–Trinajstić information content (AvgIpc) is 2.42. The molecule has 2 aliphatic rings. The van der Waals surface area contributed by atoms with Crippen molar-refractivity contribution >= 4 is 5.78 Å². The van der Waals surface area contributed by atoms with Crippen LogP contribution in [0, 0.1) is 5.41 Å². The van der Waals surface area contributed by atoms with E-state index in [1.54, 1.807) is 6.08 Å². The molecule has 1 saturated carbocycles. The molecule has 68 valence electrons. The molecule has 1 fully saturated rings. The minimum atomic E-state index is -0.212. The summed E-state index contributed by atoms with van der Waals surface area (Å²) in [7, 11) is 0. The number of hydrogen-bond acceptors (Lipinski definition) is 1. The highest BCUT2D eigenvalue weighted by atomic mass is 16.1. The summed E-state index contributed by atoms with van der Waals surface area (Å²) in [4.78, 5) is 11.7. The zero-order chi connectivity index (χ0) is 9.47. The summed E-state index contributed by atoms with van der Waals surface area (Å²) in [5.74, 6) is 0.261. The van der Waals surface area contributed by atoms with Crippen LogP contribution < -0.4 is 0 Å². The van der Waals surface area contributed by atoms with Gasteiger partial charge in [0.1, 0.15) is 0 Å². The van der Waals surface area contributed by atoms with Crippen molar-refractivity contribution in [3.05, 3.63) is 36.0 Å². The van der Waals surface area contributed by atoms with Crippen LogP contribution in [0.5, 0.6) is 0 Å². The van der Waals surface area contributed by atoms with Crippen molar-refractivity contribution in [3.8, 4) is 0 Å². The molecule has 2 rings (SSSR count). The van der Waals surface area contributed by atoms with Crippen LogP contribution in [0.2, 0.25) is 0 Å². The Morgan fingerprint density at radius 2 is 2.23 bits per heavy atom. The Hall–Kier alpha value is -1.11. The van der Waals surface area contributed by atoms with E-state index in [4.69, 9.17) is 0 Å². The van der Waals surface area contributed by atoms with Crippen LogP contribution in [0.3, 0.4) is 0 Å². The minimum absolute atomic E-state index is 0.212. The largest absolute Gasteiger partial charge is 0.294 e.